The van der Waals surface area contributed by atoms with E-state index in [-0.39, 0.29) is 11.4 Å². The van der Waals surface area contributed by atoms with Crippen molar-refractivity contribution >= 4 is 5.97 Å². The summed E-state index contributed by atoms with van der Waals surface area (Å²) in [6.45, 7) is 13.5. The Hall–Kier alpha value is -1.35. The maximum atomic E-state index is 12.2. The first-order chi connectivity index (χ1) is 9.64. The second-order valence-corrected chi connectivity index (χ2v) is 7.43. The smallest absolute Gasteiger partial charge is 0.330 e. The molecule has 1 rings (SSSR count). The number of hydrogen-bond acceptors (Lipinski definition) is 3. The SMILES string of the molecule is CCC(C)(C)CN(Cc1ccccc1)OC(=O)C(C)(C)C. The molecule has 1 aromatic carbocycles. The summed E-state index contributed by atoms with van der Waals surface area (Å²) in [5.74, 6) is -0.190. The second kappa shape index (κ2) is 7.08. The summed E-state index contributed by atoms with van der Waals surface area (Å²) >= 11 is 0. The first-order valence-electron chi connectivity index (χ1n) is 7.65. The summed E-state index contributed by atoms with van der Waals surface area (Å²) in [7, 11) is 0. The zero-order valence-corrected chi connectivity index (χ0v) is 14.3. The van der Waals surface area contributed by atoms with Crippen molar-refractivity contribution in [2.45, 2.75) is 54.5 Å². The fourth-order valence-electron chi connectivity index (χ4n) is 1.75. The topological polar surface area (TPSA) is 29.5 Å². The highest BCUT2D eigenvalue weighted by atomic mass is 16.7. The van der Waals surface area contributed by atoms with Crippen LogP contribution in [0.2, 0.25) is 0 Å². The van der Waals surface area contributed by atoms with Crippen LogP contribution >= 0.6 is 0 Å². The highest BCUT2D eigenvalue weighted by Crippen LogP contribution is 2.24. The highest BCUT2D eigenvalue weighted by molar-refractivity contribution is 5.75. The molecule has 0 N–H and O–H groups in total. The zero-order valence-electron chi connectivity index (χ0n) is 14.3. The first kappa shape index (κ1) is 17.7. The fraction of sp³-hybridized carbons (Fsp3) is 0.611. The van der Waals surface area contributed by atoms with Gasteiger partial charge in [-0.2, -0.15) is 0 Å². The Morgan fingerprint density at radius 1 is 1.10 bits per heavy atom. The van der Waals surface area contributed by atoms with Gasteiger partial charge in [-0.25, -0.2) is 4.79 Å². The van der Waals surface area contributed by atoms with Gasteiger partial charge in [0.2, 0.25) is 0 Å². The van der Waals surface area contributed by atoms with Crippen LogP contribution in [0.3, 0.4) is 0 Å². The number of hydrogen-bond donors (Lipinski definition) is 0. The van der Waals surface area contributed by atoms with Crippen LogP contribution in [0, 0.1) is 10.8 Å². The van der Waals surface area contributed by atoms with Gasteiger partial charge in [-0.3, -0.25) is 0 Å². The molecule has 0 bridgehead atoms. The summed E-state index contributed by atoms with van der Waals surface area (Å²) in [5.41, 5.74) is 0.754. The number of carbonyl (C=O) groups is 1. The van der Waals surface area contributed by atoms with E-state index < -0.39 is 5.41 Å². The summed E-state index contributed by atoms with van der Waals surface area (Å²) < 4.78 is 0. The number of rotatable bonds is 6. The molecule has 0 aliphatic rings. The van der Waals surface area contributed by atoms with Gasteiger partial charge in [0, 0.05) is 6.54 Å². The lowest BCUT2D eigenvalue weighted by Gasteiger charge is -2.32. The summed E-state index contributed by atoms with van der Waals surface area (Å²) in [6, 6.07) is 10.1. The molecule has 0 spiro atoms. The quantitative estimate of drug-likeness (QED) is 0.726. The molecular formula is C18H29NO2. The van der Waals surface area contributed by atoms with E-state index in [2.05, 4.69) is 32.9 Å². The van der Waals surface area contributed by atoms with Gasteiger partial charge in [0.15, 0.2) is 0 Å². The van der Waals surface area contributed by atoms with Crippen LogP contribution in [0.5, 0.6) is 0 Å². The molecule has 21 heavy (non-hydrogen) atoms. The van der Waals surface area contributed by atoms with Crippen LogP contribution in [0.15, 0.2) is 30.3 Å². The van der Waals surface area contributed by atoms with E-state index in [0.717, 1.165) is 18.5 Å². The van der Waals surface area contributed by atoms with E-state index in [9.17, 15) is 4.79 Å². The maximum Gasteiger partial charge on any atom is 0.330 e. The van der Waals surface area contributed by atoms with E-state index in [1.165, 1.54) is 0 Å². The van der Waals surface area contributed by atoms with Crippen molar-refractivity contribution in [3.63, 3.8) is 0 Å². The molecule has 1 aromatic rings. The maximum absolute atomic E-state index is 12.2. The molecule has 0 aliphatic carbocycles. The van der Waals surface area contributed by atoms with Gasteiger partial charge in [0.25, 0.3) is 0 Å². The van der Waals surface area contributed by atoms with Crippen LogP contribution in [-0.2, 0) is 16.2 Å². The van der Waals surface area contributed by atoms with Gasteiger partial charge in [-0.1, -0.05) is 51.1 Å². The molecule has 0 aromatic heterocycles. The molecule has 0 radical (unpaired) electrons. The van der Waals surface area contributed by atoms with Crippen LogP contribution in [0.25, 0.3) is 0 Å². The molecule has 0 saturated heterocycles. The minimum Gasteiger partial charge on any atom is -0.367 e. The lowest BCUT2D eigenvalue weighted by Crippen LogP contribution is -2.38. The predicted molar refractivity (Wildman–Crippen MR) is 86.5 cm³/mol. The summed E-state index contributed by atoms with van der Waals surface area (Å²) in [5, 5.41) is 1.80. The number of nitrogens with zero attached hydrogens (tertiary/aromatic N) is 1. The largest absolute Gasteiger partial charge is 0.367 e. The Bertz CT molecular complexity index is 446. The minimum absolute atomic E-state index is 0.104. The van der Waals surface area contributed by atoms with Crippen LogP contribution in [-0.4, -0.2) is 17.6 Å². The monoisotopic (exact) mass is 291 g/mol. The normalized spacial score (nSPS) is 12.5. The molecule has 0 unspecified atom stereocenters. The van der Waals surface area contributed by atoms with Crippen molar-refractivity contribution in [3.05, 3.63) is 35.9 Å². The number of carbonyl (C=O) groups excluding carboxylic acids is 1. The molecule has 118 valence electrons. The van der Waals surface area contributed by atoms with Crippen molar-refractivity contribution in [1.82, 2.24) is 5.06 Å². The summed E-state index contributed by atoms with van der Waals surface area (Å²) in [4.78, 5) is 17.8. The third-order valence-electron chi connectivity index (χ3n) is 3.59. The molecule has 3 heteroatoms. The third-order valence-corrected chi connectivity index (χ3v) is 3.59. The molecule has 3 nitrogen and oxygen atoms in total. The van der Waals surface area contributed by atoms with Gasteiger partial charge in [-0.15, -0.1) is 5.06 Å². The fourth-order valence-corrected chi connectivity index (χ4v) is 1.75. The van der Waals surface area contributed by atoms with Crippen molar-refractivity contribution in [2.24, 2.45) is 10.8 Å². The Balaban J connectivity index is 2.82. The van der Waals surface area contributed by atoms with Gasteiger partial charge in [0.1, 0.15) is 0 Å². The molecule has 0 atom stereocenters. The van der Waals surface area contributed by atoms with E-state index in [0.29, 0.717) is 6.54 Å². The molecule has 0 aliphatic heterocycles. The van der Waals surface area contributed by atoms with Gasteiger partial charge in [-0.05, 0) is 38.2 Å². The molecule has 0 amide bonds. The zero-order chi connectivity index (χ0) is 16.1. The predicted octanol–water partition coefficient (Wildman–Crippen LogP) is 4.43. The molecule has 0 heterocycles. The van der Waals surface area contributed by atoms with Gasteiger partial charge < -0.3 is 4.84 Å². The standard InChI is InChI=1S/C18H29NO2/c1-7-18(5,6)14-19(21-16(20)17(2,3)4)13-15-11-9-8-10-12-15/h8-12H,7,13-14H2,1-6H3. The van der Waals surface area contributed by atoms with Crippen molar-refractivity contribution < 1.29 is 9.63 Å². The minimum atomic E-state index is -0.495. The van der Waals surface area contributed by atoms with Gasteiger partial charge >= 0.3 is 5.97 Å². The van der Waals surface area contributed by atoms with Crippen molar-refractivity contribution in [3.8, 4) is 0 Å². The third kappa shape index (κ3) is 6.30. The molecular weight excluding hydrogens is 262 g/mol. The average Bonchev–Trinajstić information content (AvgIpc) is 2.38. The molecule has 0 fully saturated rings. The highest BCUT2D eigenvalue weighted by Gasteiger charge is 2.28. The Kier molecular flexibility index (Phi) is 5.97. The van der Waals surface area contributed by atoms with E-state index in [4.69, 9.17) is 4.84 Å². The Morgan fingerprint density at radius 2 is 1.67 bits per heavy atom. The lowest BCUT2D eigenvalue weighted by molar-refractivity contribution is -0.209. The first-order valence-corrected chi connectivity index (χ1v) is 7.65. The van der Waals surface area contributed by atoms with Crippen LogP contribution in [0.1, 0.15) is 53.5 Å². The number of hydroxylamine groups is 2. The van der Waals surface area contributed by atoms with Crippen LogP contribution < -0.4 is 0 Å². The van der Waals surface area contributed by atoms with E-state index in [1.807, 2.05) is 39.0 Å². The van der Waals surface area contributed by atoms with E-state index >= 15 is 0 Å². The van der Waals surface area contributed by atoms with E-state index in [1.54, 1.807) is 5.06 Å². The number of benzene rings is 1. The second-order valence-electron chi connectivity index (χ2n) is 7.43. The molecule has 0 saturated carbocycles. The lowest BCUT2D eigenvalue weighted by atomic mass is 9.90. The Labute approximate surface area is 129 Å². The van der Waals surface area contributed by atoms with Crippen molar-refractivity contribution in [1.29, 1.82) is 0 Å². The summed E-state index contributed by atoms with van der Waals surface area (Å²) in [6.07, 6.45) is 1.03. The average molecular weight is 291 g/mol. The van der Waals surface area contributed by atoms with Crippen molar-refractivity contribution in [2.75, 3.05) is 6.54 Å². The van der Waals surface area contributed by atoms with Gasteiger partial charge in [0.05, 0.1) is 12.0 Å². The van der Waals surface area contributed by atoms with Crippen LogP contribution in [0.4, 0.5) is 0 Å². The Morgan fingerprint density at radius 3 is 2.14 bits per heavy atom.